The van der Waals surface area contributed by atoms with E-state index in [4.69, 9.17) is 0 Å². The maximum absolute atomic E-state index is 2.58. The summed E-state index contributed by atoms with van der Waals surface area (Å²) in [6.07, 6.45) is 15.7. The summed E-state index contributed by atoms with van der Waals surface area (Å²) in [5.74, 6) is 0.569. The van der Waals surface area contributed by atoms with Crippen LogP contribution >= 0.6 is 0 Å². The van der Waals surface area contributed by atoms with Crippen molar-refractivity contribution in [1.29, 1.82) is 0 Å². The molecule has 0 amide bonds. The zero-order chi connectivity index (χ0) is 12.3. The zero-order valence-corrected chi connectivity index (χ0v) is 13.1. The summed E-state index contributed by atoms with van der Waals surface area (Å²) in [7, 11) is -0.305. The summed E-state index contributed by atoms with van der Waals surface area (Å²) in [5.41, 5.74) is 5.67. The molecular formula is C15H18SiTi. The van der Waals surface area contributed by atoms with Gasteiger partial charge in [-0.15, -0.1) is 0 Å². The summed E-state index contributed by atoms with van der Waals surface area (Å²) in [5, 5.41) is 0. The van der Waals surface area contributed by atoms with Gasteiger partial charge in [0, 0.05) is 0 Å². The minimum absolute atomic E-state index is 0.305. The Labute approximate surface area is 117 Å². The number of rotatable bonds is 4. The fraction of sp³-hybridized carbons (Fsp3) is 0.333. The molecule has 0 aromatic carbocycles. The molecule has 0 saturated heterocycles. The van der Waals surface area contributed by atoms with Crippen LogP contribution in [0.15, 0.2) is 47.6 Å². The van der Waals surface area contributed by atoms with E-state index >= 15 is 0 Å². The molecule has 2 aliphatic carbocycles. The Hall–Kier alpha value is -0.369. The molecule has 0 bridgehead atoms. The van der Waals surface area contributed by atoms with Gasteiger partial charge in [-0.05, 0) is 0 Å². The predicted octanol–water partition coefficient (Wildman–Crippen LogP) is 3.23. The third-order valence-corrected chi connectivity index (χ3v) is 5.11. The summed E-state index contributed by atoms with van der Waals surface area (Å²) >= 11 is 2.31. The van der Waals surface area contributed by atoms with Crippen molar-refractivity contribution < 1.29 is 20.0 Å². The van der Waals surface area contributed by atoms with Gasteiger partial charge in [-0.25, -0.2) is 0 Å². The summed E-state index contributed by atoms with van der Waals surface area (Å²) in [6.45, 7) is 4.74. The van der Waals surface area contributed by atoms with Crippen LogP contribution in [0, 0.1) is 5.92 Å². The van der Waals surface area contributed by atoms with Gasteiger partial charge in [0.05, 0.1) is 0 Å². The van der Waals surface area contributed by atoms with Crippen molar-refractivity contribution >= 4 is 17.9 Å². The van der Waals surface area contributed by atoms with Crippen molar-refractivity contribution in [3.63, 3.8) is 0 Å². The average molecular weight is 274 g/mol. The van der Waals surface area contributed by atoms with Crippen molar-refractivity contribution in [2.75, 3.05) is 0 Å². The van der Waals surface area contributed by atoms with Crippen LogP contribution in [-0.2, 0) is 20.0 Å². The average Bonchev–Trinajstić information content (AvgIpc) is 2.96. The van der Waals surface area contributed by atoms with E-state index in [1.165, 1.54) is 5.57 Å². The molecule has 86 valence electrons. The molecule has 0 spiro atoms. The minimum atomic E-state index is -0.305. The molecule has 17 heavy (non-hydrogen) atoms. The van der Waals surface area contributed by atoms with Crippen molar-refractivity contribution in [2.24, 2.45) is 5.92 Å². The van der Waals surface area contributed by atoms with Gasteiger partial charge >= 0.3 is 117 Å². The van der Waals surface area contributed by atoms with E-state index in [0.29, 0.717) is 5.92 Å². The van der Waals surface area contributed by atoms with E-state index < -0.39 is 0 Å². The SMILES string of the molecule is C[Si](C)=CC([C](=[Ti])C1=CC=CC1)C1=CC=CC1. The molecule has 0 fully saturated rings. The van der Waals surface area contributed by atoms with Crippen LogP contribution in [0.1, 0.15) is 12.8 Å². The summed E-state index contributed by atoms with van der Waals surface area (Å²) < 4.78 is 1.55. The first-order valence-corrected chi connectivity index (χ1v) is 9.49. The van der Waals surface area contributed by atoms with Crippen LogP contribution in [0.3, 0.4) is 0 Å². The predicted molar refractivity (Wildman–Crippen MR) is 75.7 cm³/mol. The molecule has 0 N–H and O–H groups in total. The standard InChI is InChI=1S/C15H18Si.Ti/c1-16(2)12-15(14-9-5-6-10-14)11-13-7-3-4-8-13;/h3-7,9,12,15H,8,10H2,1-2H3;. The van der Waals surface area contributed by atoms with Crippen molar-refractivity contribution in [2.45, 2.75) is 25.9 Å². The van der Waals surface area contributed by atoms with Gasteiger partial charge in [0.2, 0.25) is 0 Å². The molecule has 0 aromatic heterocycles. The van der Waals surface area contributed by atoms with Gasteiger partial charge in [-0.3, -0.25) is 0 Å². The number of allylic oxidation sites excluding steroid dienone is 8. The Morgan fingerprint density at radius 3 is 2.47 bits per heavy atom. The second kappa shape index (κ2) is 5.99. The van der Waals surface area contributed by atoms with E-state index in [2.05, 4.69) is 75.2 Å². The van der Waals surface area contributed by atoms with Gasteiger partial charge < -0.3 is 0 Å². The van der Waals surface area contributed by atoms with Gasteiger partial charge in [0.15, 0.2) is 0 Å². The number of hydrogen-bond donors (Lipinski definition) is 0. The van der Waals surface area contributed by atoms with Crippen molar-refractivity contribution in [1.82, 2.24) is 0 Å². The van der Waals surface area contributed by atoms with E-state index in [0.717, 1.165) is 12.8 Å². The van der Waals surface area contributed by atoms with Gasteiger partial charge in [0.1, 0.15) is 0 Å². The van der Waals surface area contributed by atoms with Gasteiger partial charge in [0.25, 0.3) is 0 Å². The molecule has 2 heteroatoms. The molecule has 0 radical (unpaired) electrons. The molecule has 0 aliphatic heterocycles. The third-order valence-electron chi connectivity index (χ3n) is 3.13. The molecule has 1 unspecified atom stereocenters. The Morgan fingerprint density at radius 1 is 1.24 bits per heavy atom. The van der Waals surface area contributed by atoms with Crippen LogP contribution in [-0.4, -0.2) is 17.9 Å². The molecule has 0 aromatic rings. The fourth-order valence-electron chi connectivity index (χ4n) is 2.25. The molecule has 1 atom stereocenters. The first-order valence-electron chi connectivity index (χ1n) is 6.13. The quantitative estimate of drug-likeness (QED) is 0.690. The van der Waals surface area contributed by atoms with E-state index in [-0.39, 0.29) is 8.41 Å². The Morgan fingerprint density at radius 2 is 1.94 bits per heavy atom. The molecule has 2 aliphatic rings. The number of hydrogen-bond acceptors (Lipinski definition) is 0. The second-order valence-electron chi connectivity index (χ2n) is 4.83. The van der Waals surface area contributed by atoms with Crippen LogP contribution in [0.25, 0.3) is 0 Å². The molecule has 0 heterocycles. The third kappa shape index (κ3) is 3.31. The first-order chi connectivity index (χ1) is 8.18. The van der Waals surface area contributed by atoms with Crippen LogP contribution in [0.2, 0.25) is 13.1 Å². The zero-order valence-electron chi connectivity index (χ0n) is 10.5. The second-order valence-corrected chi connectivity index (χ2v) is 8.16. The maximum atomic E-state index is 2.58. The van der Waals surface area contributed by atoms with E-state index in [9.17, 15) is 0 Å². The monoisotopic (exact) mass is 274 g/mol. The Bertz CT molecular complexity index is 471. The molecule has 0 nitrogen and oxygen atoms in total. The molecular weight excluding hydrogens is 256 g/mol. The van der Waals surface area contributed by atoms with Crippen LogP contribution in [0.5, 0.6) is 0 Å². The summed E-state index contributed by atoms with van der Waals surface area (Å²) in [6, 6.07) is 0. The van der Waals surface area contributed by atoms with E-state index in [1.807, 2.05) is 0 Å². The van der Waals surface area contributed by atoms with Gasteiger partial charge in [-0.1, -0.05) is 0 Å². The first kappa shape index (κ1) is 13.1. The molecule has 2 rings (SSSR count). The van der Waals surface area contributed by atoms with Crippen molar-refractivity contribution in [3.05, 3.63) is 47.6 Å². The van der Waals surface area contributed by atoms with Gasteiger partial charge in [-0.2, -0.15) is 0 Å². The molecule has 0 saturated carbocycles. The van der Waals surface area contributed by atoms with Crippen molar-refractivity contribution in [3.8, 4) is 0 Å². The Balaban J connectivity index is 2.21. The van der Waals surface area contributed by atoms with Crippen LogP contribution < -0.4 is 0 Å². The Kier molecular flexibility index (Phi) is 4.61. The van der Waals surface area contributed by atoms with E-state index in [1.54, 1.807) is 9.38 Å². The van der Waals surface area contributed by atoms with Crippen LogP contribution in [0.4, 0.5) is 0 Å². The fourth-order valence-corrected chi connectivity index (χ4v) is 4.27. The normalized spacial score (nSPS) is 18.9. The summed E-state index contributed by atoms with van der Waals surface area (Å²) in [4.78, 5) is 0. The topological polar surface area (TPSA) is 0 Å².